The molecule has 1 aromatic rings. The molecule has 0 unspecified atom stereocenters. The highest BCUT2D eigenvalue weighted by Crippen LogP contribution is 2.36. The smallest absolute Gasteiger partial charge is 0.287 e. The molecule has 1 fully saturated rings. The highest BCUT2D eigenvalue weighted by atomic mass is 16.4. The zero-order chi connectivity index (χ0) is 12.3. The average molecular weight is 236 g/mol. The quantitative estimate of drug-likeness (QED) is 0.840. The fourth-order valence-corrected chi connectivity index (χ4v) is 2.40. The number of nitrogens with one attached hydrogen (secondary N) is 1. The third-order valence-corrected chi connectivity index (χ3v) is 3.57. The number of hydrogen-bond acceptors (Lipinski definition) is 3. The summed E-state index contributed by atoms with van der Waals surface area (Å²) in [5.74, 6) is 0.854. The Kier molecular flexibility index (Phi) is 3.52. The van der Waals surface area contributed by atoms with Crippen LogP contribution in [0, 0.1) is 5.41 Å². The van der Waals surface area contributed by atoms with E-state index in [-0.39, 0.29) is 11.3 Å². The summed E-state index contributed by atoms with van der Waals surface area (Å²) in [5.41, 5.74) is 5.70. The zero-order valence-electron chi connectivity index (χ0n) is 10.3. The third-order valence-electron chi connectivity index (χ3n) is 3.57. The average Bonchev–Trinajstić information content (AvgIpc) is 2.95. The van der Waals surface area contributed by atoms with E-state index in [0.29, 0.717) is 18.1 Å². The molecule has 1 amide bonds. The molecule has 1 aromatic heterocycles. The summed E-state index contributed by atoms with van der Waals surface area (Å²) in [4.78, 5) is 11.8. The first-order chi connectivity index (χ1) is 8.13. The van der Waals surface area contributed by atoms with Crippen LogP contribution in [-0.4, -0.2) is 12.5 Å². The van der Waals surface area contributed by atoms with Crippen LogP contribution in [0.25, 0.3) is 0 Å². The van der Waals surface area contributed by atoms with Crippen LogP contribution in [0.4, 0.5) is 0 Å². The Balaban J connectivity index is 1.88. The summed E-state index contributed by atoms with van der Waals surface area (Å²) in [5, 5.41) is 2.95. The molecule has 0 spiro atoms. The Morgan fingerprint density at radius 1 is 1.47 bits per heavy atom. The molecule has 1 saturated carbocycles. The number of carbonyl (C=O) groups excluding carboxylic acids is 1. The van der Waals surface area contributed by atoms with Crippen molar-refractivity contribution in [2.45, 2.75) is 39.2 Å². The van der Waals surface area contributed by atoms with Crippen molar-refractivity contribution in [1.29, 1.82) is 0 Å². The van der Waals surface area contributed by atoms with Crippen molar-refractivity contribution in [1.82, 2.24) is 5.32 Å². The molecule has 3 N–H and O–H groups in total. The topological polar surface area (TPSA) is 68.3 Å². The van der Waals surface area contributed by atoms with Gasteiger partial charge in [-0.1, -0.05) is 19.8 Å². The first kappa shape index (κ1) is 12.2. The van der Waals surface area contributed by atoms with Gasteiger partial charge in [-0.15, -0.1) is 0 Å². The summed E-state index contributed by atoms with van der Waals surface area (Å²) in [6, 6.07) is 3.42. The molecule has 4 nitrogen and oxygen atoms in total. The van der Waals surface area contributed by atoms with Crippen molar-refractivity contribution in [2.24, 2.45) is 11.1 Å². The second-order valence-electron chi connectivity index (χ2n) is 5.17. The van der Waals surface area contributed by atoms with Crippen molar-refractivity contribution in [3.8, 4) is 0 Å². The Hall–Kier alpha value is -1.29. The fraction of sp³-hybridized carbons (Fsp3) is 0.615. The molecule has 0 radical (unpaired) electrons. The van der Waals surface area contributed by atoms with Crippen molar-refractivity contribution in [3.63, 3.8) is 0 Å². The van der Waals surface area contributed by atoms with Gasteiger partial charge in [-0.25, -0.2) is 0 Å². The van der Waals surface area contributed by atoms with E-state index in [1.807, 2.05) is 0 Å². The highest BCUT2D eigenvalue weighted by Gasteiger charge is 2.29. The van der Waals surface area contributed by atoms with Crippen LogP contribution in [0.1, 0.15) is 48.9 Å². The molecule has 1 aliphatic carbocycles. The predicted octanol–water partition coefficient (Wildman–Crippen LogP) is 2.05. The van der Waals surface area contributed by atoms with Gasteiger partial charge in [-0.3, -0.25) is 4.79 Å². The number of furan rings is 1. The Bertz CT molecular complexity index is 392. The van der Waals surface area contributed by atoms with Gasteiger partial charge in [0.25, 0.3) is 5.91 Å². The van der Waals surface area contributed by atoms with Crippen molar-refractivity contribution < 1.29 is 9.21 Å². The van der Waals surface area contributed by atoms with E-state index in [9.17, 15) is 4.79 Å². The Morgan fingerprint density at radius 2 is 2.18 bits per heavy atom. The molecule has 2 rings (SSSR count). The SMILES string of the molecule is CC1(CNC(=O)c2ccc(CN)o2)CCCC1. The first-order valence-electron chi connectivity index (χ1n) is 6.20. The predicted molar refractivity (Wildman–Crippen MR) is 65.5 cm³/mol. The van der Waals surface area contributed by atoms with E-state index in [0.717, 1.165) is 6.54 Å². The lowest BCUT2D eigenvalue weighted by Crippen LogP contribution is -2.33. The minimum atomic E-state index is -0.141. The van der Waals surface area contributed by atoms with Crippen LogP contribution in [-0.2, 0) is 6.54 Å². The summed E-state index contributed by atoms with van der Waals surface area (Å²) < 4.78 is 5.31. The third kappa shape index (κ3) is 2.88. The molecule has 1 aliphatic rings. The van der Waals surface area contributed by atoms with Gasteiger partial charge in [0, 0.05) is 6.54 Å². The van der Waals surface area contributed by atoms with Gasteiger partial charge in [0.15, 0.2) is 5.76 Å². The maximum atomic E-state index is 11.8. The summed E-state index contributed by atoms with van der Waals surface area (Å²) in [6.07, 6.45) is 4.92. The van der Waals surface area contributed by atoms with Crippen LogP contribution in [0.5, 0.6) is 0 Å². The van der Waals surface area contributed by atoms with E-state index in [4.69, 9.17) is 10.2 Å². The number of hydrogen-bond donors (Lipinski definition) is 2. The molecule has 1 heterocycles. The van der Waals surface area contributed by atoms with E-state index < -0.39 is 0 Å². The van der Waals surface area contributed by atoms with Crippen LogP contribution < -0.4 is 11.1 Å². The van der Waals surface area contributed by atoms with Crippen LogP contribution in [0.15, 0.2) is 16.5 Å². The fourth-order valence-electron chi connectivity index (χ4n) is 2.40. The summed E-state index contributed by atoms with van der Waals surface area (Å²) >= 11 is 0. The van der Waals surface area contributed by atoms with E-state index in [2.05, 4.69) is 12.2 Å². The molecular weight excluding hydrogens is 216 g/mol. The highest BCUT2D eigenvalue weighted by molar-refractivity contribution is 5.91. The molecule has 0 bridgehead atoms. The zero-order valence-corrected chi connectivity index (χ0v) is 10.3. The standard InChI is InChI=1S/C13H20N2O2/c1-13(6-2-3-7-13)9-15-12(16)11-5-4-10(8-14)17-11/h4-5H,2-3,6-9,14H2,1H3,(H,15,16). The van der Waals surface area contributed by atoms with Crippen LogP contribution in [0.3, 0.4) is 0 Å². The van der Waals surface area contributed by atoms with Crippen molar-refractivity contribution in [3.05, 3.63) is 23.7 Å². The lowest BCUT2D eigenvalue weighted by atomic mass is 9.89. The van der Waals surface area contributed by atoms with Crippen molar-refractivity contribution >= 4 is 5.91 Å². The Labute approximate surface area is 102 Å². The minimum absolute atomic E-state index is 0.141. The number of rotatable bonds is 4. The maximum Gasteiger partial charge on any atom is 0.287 e. The first-order valence-corrected chi connectivity index (χ1v) is 6.20. The van der Waals surface area contributed by atoms with Gasteiger partial charge in [0.1, 0.15) is 5.76 Å². The maximum absolute atomic E-state index is 11.8. The van der Waals surface area contributed by atoms with Gasteiger partial charge >= 0.3 is 0 Å². The number of nitrogens with two attached hydrogens (primary N) is 1. The molecule has 4 heteroatoms. The molecule has 0 aromatic carbocycles. The number of amides is 1. The van der Waals surface area contributed by atoms with Gasteiger partial charge in [-0.05, 0) is 30.4 Å². The van der Waals surface area contributed by atoms with Gasteiger partial charge in [-0.2, -0.15) is 0 Å². The molecular formula is C13H20N2O2. The van der Waals surface area contributed by atoms with Crippen molar-refractivity contribution in [2.75, 3.05) is 6.54 Å². The normalized spacial score (nSPS) is 18.2. The molecule has 0 aliphatic heterocycles. The van der Waals surface area contributed by atoms with Gasteiger partial charge < -0.3 is 15.5 Å². The largest absolute Gasteiger partial charge is 0.455 e. The lowest BCUT2D eigenvalue weighted by molar-refractivity contribution is 0.0904. The Morgan fingerprint density at radius 3 is 2.76 bits per heavy atom. The molecule has 94 valence electrons. The summed E-state index contributed by atoms with van der Waals surface area (Å²) in [7, 11) is 0. The van der Waals surface area contributed by atoms with Gasteiger partial charge in [0.2, 0.25) is 0 Å². The monoisotopic (exact) mass is 236 g/mol. The molecule has 17 heavy (non-hydrogen) atoms. The molecule has 0 saturated heterocycles. The van der Waals surface area contributed by atoms with Crippen LogP contribution in [0.2, 0.25) is 0 Å². The van der Waals surface area contributed by atoms with E-state index in [1.54, 1.807) is 12.1 Å². The van der Waals surface area contributed by atoms with E-state index in [1.165, 1.54) is 25.7 Å². The van der Waals surface area contributed by atoms with Crippen LogP contribution >= 0.6 is 0 Å². The summed E-state index contributed by atoms with van der Waals surface area (Å²) in [6.45, 7) is 3.28. The number of carbonyl (C=O) groups is 1. The molecule has 0 atom stereocenters. The lowest BCUT2D eigenvalue weighted by Gasteiger charge is -2.23. The van der Waals surface area contributed by atoms with Gasteiger partial charge in [0.05, 0.1) is 6.54 Å². The second kappa shape index (κ2) is 4.92. The second-order valence-corrected chi connectivity index (χ2v) is 5.17. The minimum Gasteiger partial charge on any atom is -0.455 e. The van der Waals surface area contributed by atoms with E-state index >= 15 is 0 Å².